The molecule has 1 unspecified atom stereocenters. The quantitative estimate of drug-likeness (QED) is 0.673. The number of carbonyl (C=O) groups excluding carboxylic acids is 1. The van der Waals surface area contributed by atoms with Crippen molar-refractivity contribution in [3.05, 3.63) is 64.7 Å². The van der Waals surface area contributed by atoms with Crippen molar-refractivity contribution in [1.29, 1.82) is 0 Å². The first-order chi connectivity index (χ1) is 15.2. The number of nitrogens with zero attached hydrogens (tertiary/aromatic N) is 2. The highest BCUT2D eigenvalue weighted by molar-refractivity contribution is 7.89. The van der Waals surface area contributed by atoms with Crippen LogP contribution in [0, 0.1) is 17.6 Å². The summed E-state index contributed by atoms with van der Waals surface area (Å²) in [6, 6.07) is 8.61. The van der Waals surface area contributed by atoms with Crippen LogP contribution in [0.2, 0.25) is 0 Å². The summed E-state index contributed by atoms with van der Waals surface area (Å²) in [6.45, 7) is 2.32. The van der Waals surface area contributed by atoms with E-state index in [9.17, 15) is 22.0 Å². The Morgan fingerprint density at radius 3 is 2.41 bits per heavy atom. The van der Waals surface area contributed by atoms with Crippen LogP contribution in [0.3, 0.4) is 0 Å². The fourth-order valence-electron chi connectivity index (χ4n) is 4.68. The van der Waals surface area contributed by atoms with Gasteiger partial charge in [0.25, 0.3) is 0 Å². The summed E-state index contributed by atoms with van der Waals surface area (Å²) in [5.41, 5.74) is 2.85. The molecule has 8 heteroatoms. The minimum absolute atomic E-state index is 0.114. The number of piperidine rings is 1. The van der Waals surface area contributed by atoms with Gasteiger partial charge in [-0.2, -0.15) is 4.31 Å². The van der Waals surface area contributed by atoms with E-state index in [1.54, 1.807) is 26.1 Å². The minimum Gasteiger partial charge on any atom is -0.339 e. The molecule has 0 N–H and O–H groups in total. The van der Waals surface area contributed by atoms with Crippen molar-refractivity contribution in [3.63, 3.8) is 0 Å². The lowest BCUT2D eigenvalue weighted by molar-refractivity contribution is -0.137. The molecule has 0 saturated carbocycles. The molecule has 2 aromatic rings. The monoisotopic (exact) mass is 462 g/mol. The Labute approximate surface area is 188 Å². The molecule has 0 aromatic heterocycles. The lowest BCUT2D eigenvalue weighted by atomic mass is 9.95. The predicted molar refractivity (Wildman–Crippen MR) is 117 cm³/mol. The molecule has 0 spiro atoms. The molecule has 1 heterocycles. The van der Waals surface area contributed by atoms with E-state index in [4.69, 9.17) is 0 Å². The SMILES string of the molecule is CC(c1ccc(F)c(F)c1)N(C)C(=O)C1CCN(S(=O)(=O)c2ccc3c(c2)CCC3)CC1. The number of sulfonamides is 1. The molecule has 32 heavy (non-hydrogen) atoms. The van der Waals surface area contributed by atoms with Crippen LogP contribution in [-0.4, -0.2) is 43.7 Å². The summed E-state index contributed by atoms with van der Waals surface area (Å²) in [7, 11) is -1.95. The highest BCUT2D eigenvalue weighted by Gasteiger charge is 2.34. The molecule has 1 fully saturated rings. The Balaban J connectivity index is 1.40. The van der Waals surface area contributed by atoms with Crippen LogP contribution >= 0.6 is 0 Å². The van der Waals surface area contributed by atoms with Gasteiger partial charge in [-0.15, -0.1) is 0 Å². The summed E-state index contributed by atoms with van der Waals surface area (Å²) in [5.74, 6) is -2.29. The number of hydrogen-bond donors (Lipinski definition) is 0. The van der Waals surface area contributed by atoms with Crippen molar-refractivity contribution in [2.24, 2.45) is 5.92 Å². The van der Waals surface area contributed by atoms with Gasteiger partial charge in [0.1, 0.15) is 0 Å². The van der Waals surface area contributed by atoms with Gasteiger partial charge in [0.15, 0.2) is 11.6 Å². The van der Waals surface area contributed by atoms with Crippen molar-refractivity contribution in [2.45, 2.75) is 50.0 Å². The standard InChI is InChI=1S/C24H28F2N2O3S/c1-16(19-7-9-22(25)23(26)15-19)27(2)24(29)18-10-12-28(13-11-18)32(30,31)21-8-6-17-4-3-5-20(17)14-21/h6-9,14-16,18H,3-5,10-13H2,1-2H3. The summed E-state index contributed by atoms with van der Waals surface area (Å²) in [4.78, 5) is 14.9. The largest absolute Gasteiger partial charge is 0.339 e. The normalized spacial score (nSPS) is 18.4. The van der Waals surface area contributed by atoms with Gasteiger partial charge in [-0.25, -0.2) is 17.2 Å². The topological polar surface area (TPSA) is 57.7 Å². The number of fused-ring (bicyclic) bond motifs is 1. The first-order valence-electron chi connectivity index (χ1n) is 11.0. The van der Waals surface area contributed by atoms with E-state index in [0.717, 1.165) is 37.0 Å². The van der Waals surface area contributed by atoms with E-state index in [1.807, 2.05) is 6.07 Å². The van der Waals surface area contributed by atoms with Crippen molar-refractivity contribution in [1.82, 2.24) is 9.21 Å². The number of amides is 1. The average molecular weight is 463 g/mol. The second-order valence-corrected chi connectivity index (χ2v) is 10.7. The summed E-state index contributed by atoms with van der Waals surface area (Å²) < 4.78 is 54.5. The minimum atomic E-state index is -3.59. The second kappa shape index (κ2) is 8.90. The molecular formula is C24H28F2N2O3S. The van der Waals surface area contributed by atoms with E-state index in [-0.39, 0.29) is 24.9 Å². The molecule has 2 aromatic carbocycles. The number of hydrogen-bond acceptors (Lipinski definition) is 3. The van der Waals surface area contributed by atoms with E-state index in [2.05, 4.69) is 0 Å². The fraction of sp³-hybridized carbons (Fsp3) is 0.458. The van der Waals surface area contributed by atoms with E-state index in [1.165, 1.54) is 20.8 Å². The van der Waals surface area contributed by atoms with Crippen molar-refractivity contribution < 1.29 is 22.0 Å². The zero-order valence-corrected chi connectivity index (χ0v) is 19.2. The third-order valence-corrected chi connectivity index (χ3v) is 8.76. The Kier molecular flexibility index (Phi) is 6.36. The molecule has 1 aliphatic carbocycles. The van der Waals surface area contributed by atoms with Crippen LogP contribution in [0.25, 0.3) is 0 Å². The maximum Gasteiger partial charge on any atom is 0.243 e. The smallest absolute Gasteiger partial charge is 0.243 e. The zero-order chi connectivity index (χ0) is 23.0. The number of benzene rings is 2. The lowest BCUT2D eigenvalue weighted by Crippen LogP contribution is -2.44. The van der Waals surface area contributed by atoms with Crippen LogP contribution in [-0.2, 0) is 27.7 Å². The molecular weight excluding hydrogens is 434 g/mol. The molecule has 1 atom stereocenters. The van der Waals surface area contributed by atoms with Gasteiger partial charge in [-0.05, 0) is 80.0 Å². The molecule has 0 bridgehead atoms. The molecule has 172 valence electrons. The highest BCUT2D eigenvalue weighted by atomic mass is 32.2. The number of halogens is 2. The molecule has 1 saturated heterocycles. The first-order valence-corrected chi connectivity index (χ1v) is 12.5. The maximum atomic E-state index is 13.6. The van der Waals surface area contributed by atoms with Crippen LogP contribution < -0.4 is 0 Å². The molecule has 1 aliphatic heterocycles. The van der Waals surface area contributed by atoms with E-state index < -0.39 is 27.7 Å². The van der Waals surface area contributed by atoms with Crippen LogP contribution in [0.5, 0.6) is 0 Å². The second-order valence-electron chi connectivity index (χ2n) is 8.76. The van der Waals surface area contributed by atoms with Crippen LogP contribution in [0.15, 0.2) is 41.3 Å². The molecule has 5 nitrogen and oxygen atoms in total. The zero-order valence-electron chi connectivity index (χ0n) is 18.4. The first kappa shape index (κ1) is 22.9. The average Bonchev–Trinajstić information content (AvgIpc) is 3.27. The van der Waals surface area contributed by atoms with Crippen molar-refractivity contribution in [2.75, 3.05) is 20.1 Å². The van der Waals surface area contributed by atoms with Crippen molar-refractivity contribution in [3.8, 4) is 0 Å². The number of aryl methyl sites for hydroxylation is 2. The van der Waals surface area contributed by atoms with E-state index >= 15 is 0 Å². The third-order valence-electron chi connectivity index (χ3n) is 6.87. The highest BCUT2D eigenvalue weighted by Crippen LogP contribution is 2.30. The number of carbonyl (C=O) groups is 1. The van der Waals surface area contributed by atoms with Gasteiger partial charge in [0, 0.05) is 26.1 Å². The van der Waals surface area contributed by atoms with E-state index in [0.29, 0.717) is 23.3 Å². The third kappa shape index (κ3) is 4.30. The fourth-order valence-corrected chi connectivity index (χ4v) is 6.20. The Bertz CT molecular complexity index is 1130. The summed E-state index contributed by atoms with van der Waals surface area (Å²) in [6.07, 6.45) is 3.83. The Morgan fingerprint density at radius 2 is 1.72 bits per heavy atom. The molecule has 2 aliphatic rings. The van der Waals surface area contributed by atoms with Gasteiger partial charge in [-0.1, -0.05) is 12.1 Å². The molecule has 1 amide bonds. The van der Waals surface area contributed by atoms with Gasteiger partial charge >= 0.3 is 0 Å². The van der Waals surface area contributed by atoms with Crippen molar-refractivity contribution >= 4 is 15.9 Å². The molecule has 4 rings (SSSR count). The Morgan fingerprint density at radius 1 is 1.03 bits per heavy atom. The van der Waals surface area contributed by atoms with Gasteiger partial charge in [0.05, 0.1) is 10.9 Å². The summed E-state index contributed by atoms with van der Waals surface area (Å²) >= 11 is 0. The maximum absolute atomic E-state index is 13.6. The number of rotatable bonds is 5. The van der Waals surface area contributed by atoms with Crippen LogP contribution in [0.1, 0.15) is 48.9 Å². The Hall–Kier alpha value is -2.32. The lowest BCUT2D eigenvalue weighted by Gasteiger charge is -2.34. The van der Waals surface area contributed by atoms with Gasteiger partial charge in [-0.3, -0.25) is 4.79 Å². The predicted octanol–water partition coefficient (Wildman–Crippen LogP) is 4.07. The van der Waals surface area contributed by atoms with Gasteiger partial charge < -0.3 is 4.90 Å². The van der Waals surface area contributed by atoms with Gasteiger partial charge in [0.2, 0.25) is 15.9 Å². The van der Waals surface area contributed by atoms with Crippen LogP contribution in [0.4, 0.5) is 8.78 Å². The summed E-state index contributed by atoms with van der Waals surface area (Å²) in [5, 5.41) is 0. The molecule has 0 radical (unpaired) electrons.